The minimum absolute atomic E-state index is 0.105. The molecule has 26 heavy (non-hydrogen) atoms. The number of carbonyl (C=O) groups is 2. The molecule has 0 aliphatic heterocycles. The van der Waals surface area contributed by atoms with Gasteiger partial charge in [-0.3, -0.25) is 9.59 Å². The first-order valence-electron chi connectivity index (χ1n) is 9.30. The molecule has 0 saturated heterocycles. The lowest BCUT2D eigenvalue weighted by Crippen LogP contribution is -2.44. The first-order valence-corrected chi connectivity index (χ1v) is 9.30. The molecule has 0 bridgehead atoms. The Kier molecular flexibility index (Phi) is 5.71. The quantitative estimate of drug-likeness (QED) is 0.566. The molecule has 0 spiro atoms. The van der Waals surface area contributed by atoms with E-state index in [9.17, 15) is 9.59 Å². The van der Waals surface area contributed by atoms with Crippen LogP contribution in [-0.4, -0.2) is 18.4 Å². The number of hydrogen-bond acceptors (Lipinski definition) is 2. The Morgan fingerprint density at radius 1 is 0.962 bits per heavy atom. The maximum atomic E-state index is 12.6. The van der Waals surface area contributed by atoms with E-state index in [0.717, 1.165) is 18.4 Å². The molecule has 136 valence electrons. The van der Waals surface area contributed by atoms with E-state index < -0.39 is 5.41 Å². The number of benzene rings is 2. The standard InChI is InChI=1S/C22H26N2O2/c1-17(19-12-6-3-7-13-19)24-21(26)22(14-15-22)20(25)23-16-8-11-18-9-4-2-5-10-18/h2-7,9-10,12-13,17H,8,11,14-16H2,1H3,(H,23,25)(H,24,26). The zero-order valence-electron chi connectivity index (χ0n) is 15.2. The Hall–Kier alpha value is -2.62. The van der Waals surface area contributed by atoms with Gasteiger partial charge in [-0.15, -0.1) is 0 Å². The highest BCUT2D eigenvalue weighted by molar-refractivity contribution is 6.07. The zero-order valence-corrected chi connectivity index (χ0v) is 15.2. The van der Waals surface area contributed by atoms with Crippen LogP contribution >= 0.6 is 0 Å². The number of rotatable bonds is 8. The van der Waals surface area contributed by atoms with Crippen LogP contribution in [0.5, 0.6) is 0 Å². The van der Waals surface area contributed by atoms with Crippen LogP contribution in [0, 0.1) is 5.41 Å². The Morgan fingerprint density at radius 2 is 1.58 bits per heavy atom. The number of aryl methyl sites for hydroxylation is 1. The largest absolute Gasteiger partial charge is 0.355 e. The second-order valence-electron chi connectivity index (χ2n) is 7.03. The lowest BCUT2D eigenvalue weighted by molar-refractivity contribution is -0.137. The summed E-state index contributed by atoms with van der Waals surface area (Å²) in [7, 11) is 0. The minimum atomic E-state index is -0.865. The van der Waals surface area contributed by atoms with Crippen molar-refractivity contribution in [3.05, 3.63) is 71.8 Å². The third-order valence-electron chi connectivity index (χ3n) is 5.04. The summed E-state index contributed by atoms with van der Waals surface area (Å²) in [6.45, 7) is 2.54. The Morgan fingerprint density at radius 3 is 2.19 bits per heavy atom. The summed E-state index contributed by atoms with van der Waals surface area (Å²) in [5, 5.41) is 5.95. The molecule has 1 aliphatic rings. The van der Waals surface area contributed by atoms with Gasteiger partial charge >= 0.3 is 0 Å². The molecule has 3 rings (SSSR count). The van der Waals surface area contributed by atoms with Gasteiger partial charge in [-0.05, 0) is 43.7 Å². The van der Waals surface area contributed by atoms with Crippen LogP contribution in [0.25, 0.3) is 0 Å². The predicted molar refractivity (Wildman–Crippen MR) is 102 cm³/mol. The van der Waals surface area contributed by atoms with Gasteiger partial charge in [0, 0.05) is 6.54 Å². The number of nitrogens with one attached hydrogen (secondary N) is 2. The van der Waals surface area contributed by atoms with Crippen molar-refractivity contribution in [1.29, 1.82) is 0 Å². The van der Waals surface area contributed by atoms with Crippen molar-refractivity contribution >= 4 is 11.8 Å². The predicted octanol–water partition coefficient (Wildman–Crippen LogP) is 3.39. The summed E-state index contributed by atoms with van der Waals surface area (Å²) in [5.41, 5.74) is 1.44. The van der Waals surface area contributed by atoms with Gasteiger partial charge in [0.2, 0.25) is 11.8 Å². The third kappa shape index (κ3) is 4.31. The lowest BCUT2D eigenvalue weighted by Gasteiger charge is -2.19. The average Bonchev–Trinajstić information content (AvgIpc) is 3.49. The van der Waals surface area contributed by atoms with Crippen LogP contribution in [0.4, 0.5) is 0 Å². The van der Waals surface area contributed by atoms with E-state index in [-0.39, 0.29) is 17.9 Å². The van der Waals surface area contributed by atoms with E-state index in [2.05, 4.69) is 22.8 Å². The van der Waals surface area contributed by atoms with Gasteiger partial charge in [-0.25, -0.2) is 0 Å². The molecule has 0 radical (unpaired) electrons. The van der Waals surface area contributed by atoms with Crippen molar-refractivity contribution in [3.8, 4) is 0 Å². The number of amides is 2. The minimum Gasteiger partial charge on any atom is -0.355 e. The first-order chi connectivity index (χ1) is 12.6. The molecule has 1 fully saturated rings. The molecule has 2 aromatic carbocycles. The fraction of sp³-hybridized carbons (Fsp3) is 0.364. The topological polar surface area (TPSA) is 58.2 Å². The van der Waals surface area contributed by atoms with E-state index in [4.69, 9.17) is 0 Å². The van der Waals surface area contributed by atoms with Crippen LogP contribution in [0.3, 0.4) is 0 Å². The summed E-state index contributed by atoms with van der Waals surface area (Å²) in [4.78, 5) is 25.2. The molecule has 2 amide bonds. The van der Waals surface area contributed by atoms with Gasteiger partial charge < -0.3 is 10.6 Å². The Labute approximate surface area is 155 Å². The van der Waals surface area contributed by atoms with Crippen molar-refractivity contribution in [2.75, 3.05) is 6.54 Å². The monoisotopic (exact) mass is 350 g/mol. The van der Waals surface area contributed by atoms with E-state index in [1.54, 1.807) is 0 Å². The zero-order chi connectivity index (χ0) is 18.4. The average molecular weight is 350 g/mol. The SMILES string of the molecule is CC(NC(=O)C1(C(=O)NCCCc2ccccc2)CC1)c1ccccc1. The van der Waals surface area contributed by atoms with Crippen molar-refractivity contribution < 1.29 is 9.59 Å². The highest BCUT2D eigenvalue weighted by Crippen LogP contribution is 2.46. The second kappa shape index (κ2) is 8.17. The van der Waals surface area contributed by atoms with Gasteiger partial charge in [0.15, 0.2) is 0 Å². The Balaban J connectivity index is 1.46. The van der Waals surface area contributed by atoms with Crippen molar-refractivity contribution in [2.24, 2.45) is 5.41 Å². The number of hydrogen-bond donors (Lipinski definition) is 2. The van der Waals surface area contributed by atoms with Crippen LogP contribution < -0.4 is 10.6 Å². The van der Waals surface area contributed by atoms with Gasteiger partial charge in [0.1, 0.15) is 5.41 Å². The van der Waals surface area contributed by atoms with Crippen molar-refractivity contribution in [1.82, 2.24) is 10.6 Å². The van der Waals surface area contributed by atoms with Crippen molar-refractivity contribution in [3.63, 3.8) is 0 Å². The summed E-state index contributed by atoms with van der Waals surface area (Å²) >= 11 is 0. The second-order valence-corrected chi connectivity index (χ2v) is 7.03. The molecule has 2 N–H and O–H groups in total. The van der Waals surface area contributed by atoms with Crippen LogP contribution in [0.15, 0.2) is 60.7 Å². The van der Waals surface area contributed by atoms with E-state index in [1.165, 1.54) is 5.56 Å². The van der Waals surface area contributed by atoms with Gasteiger partial charge in [-0.2, -0.15) is 0 Å². The van der Waals surface area contributed by atoms with E-state index >= 15 is 0 Å². The fourth-order valence-electron chi connectivity index (χ4n) is 3.15. The first kappa shape index (κ1) is 18.2. The number of carbonyl (C=O) groups excluding carboxylic acids is 2. The van der Waals surface area contributed by atoms with E-state index in [0.29, 0.717) is 19.4 Å². The Bertz CT molecular complexity index is 739. The highest BCUT2D eigenvalue weighted by Gasteiger charge is 2.56. The normalized spacial score (nSPS) is 15.7. The van der Waals surface area contributed by atoms with Crippen molar-refractivity contribution in [2.45, 2.75) is 38.6 Å². The summed E-state index contributed by atoms with van der Waals surface area (Å²) in [5.74, 6) is -0.294. The third-order valence-corrected chi connectivity index (χ3v) is 5.04. The maximum absolute atomic E-state index is 12.6. The molecule has 0 aromatic heterocycles. The molecule has 4 nitrogen and oxygen atoms in total. The molecule has 1 aliphatic carbocycles. The van der Waals surface area contributed by atoms with Crippen LogP contribution in [0.2, 0.25) is 0 Å². The summed E-state index contributed by atoms with van der Waals surface area (Å²) in [6.07, 6.45) is 3.05. The molecule has 0 heterocycles. The van der Waals surface area contributed by atoms with E-state index in [1.807, 2.05) is 55.5 Å². The van der Waals surface area contributed by atoms with Gasteiger partial charge in [-0.1, -0.05) is 60.7 Å². The summed E-state index contributed by atoms with van der Waals surface area (Å²) < 4.78 is 0. The summed E-state index contributed by atoms with van der Waals surface area (Å²) in [6, 6.07) is 19.9. The van der Waals surface area contributed by atoms with Crippen LogP contribution in [0.1, 0.15) is 43.4 Å². The maximum Gasteiger partial charge on any atom is 0.236 e. The molecular formula is C22H26N2O2. The molecule has 1 unspecified atom stereocenters. The van der Waals surface area contributed by atoms with Gasteiger partial charge in [0.25, 0.3) is 0 Å². The molecule has 4 heteroatoms. The fourth-order valence-corrected chi connectivity index (χ4v) is 3.15. The molecule has 1 saturated carbocycles. The molecule has 2 aromatic rings. The lowest BCUT2D eigenvalue weighted by atomic mass is 10.0. The molecular weight excluding hydrogens is 324 g/mol. The molecule has 1 atom stereocenters. The smallest absolute Gasteiger partial charge is 0.236 e. The van der Waals surface area contributed by atoms with Crippen LogP contribution in [-0.2, 0) is 16.0 Å². The van der Waals surface area contributed by atoms with Gasteiger partial charge in [0.05, 0.1) is 6.04 Å². The highest BCUT2D eigenvalue weighted by atomic mass is 16.2.